The van der Waals surface area contributed by atoms with Gasteiger partial charge in [0.15, 0.2) is 0 Å². The summed E-state index contributed by atoms with van der Waals surface area (Å²) in [6, 6.07) is 8.60. The molecule has 1 saturated carbocycles. The fourth-order valence-corrected chi connectivity index (χ4v) is 3.16. The van der Waals surface area contributed by atoms with Crippen molar-refractivity contribution in [1.29, 1.82) is 0 Å². The number of hydrogen-bond donors (Lipinski definition) is 1. The van der Waals surface area contributed by atoms with Crippen molar-refractivity contribution < 1.29 is 5.11 Å². The molecule has 18 heavy (non-hydrogen) atoms. The van der Waals surface area contributed by atoms with Crippen LogP contribution in [0.4, 0.5) is 0 Å². The summed E-state index contributed by atoms with van der Waals surface area (Å²) in [6.07, 6.45) is 7.74. The largest absolute Gasteiger partial charge is 0.385 e. The van der Waals surface area contributed by atoms with Crippen LogP contribution < -0.4 is 0 Å². The van der Waals surface area contributed by atoms with Crippen LogP contribution in [0.5, 0.6) is 0 Å². The Morgan fingerprint density at radius 2 is 1.94 bits per heavy atom. The Balaban J connectivity index is 2.12. The molecule has 1 nitrogen and oxygen atoms in total. The third-order valence-corrected chi connectivity index (χ3v) is 4.51. The zero-order valence-electron chi connectivity index (χ0n) is 11.8. The number of aliphatic hydroxyl groups is 1. The minimum absolute atomic E-state index is 0.560. The van der Waals surface area contributed by atoms with E-state index in [1.807, 2.05) is 0 Å². The SMILES string of the molecule is CCCc1cccc(C2(O)CCC(CC)CC2)c1. The Morgan fingerprint density at radius 1 is 1.22 bits per heavy atom. The lowest BCUT2D eigenvalue weighted by Gasteiger charge is -2.36. The highest BCUT2D eigenvalue weighted by Gasteiger charge is 2.34. The lowest BCUT2D eigenvalue weighted by Crippen LogP contribution is -2.31. The maximum Gasteiger partial charge on any atom is 0.0896 e. The second-order valence-corrected chi connectivity index (χ2v) is 5.83. The molecule has 1 fully saturated rings. The van der Waals surface area contributed by atoms with E-state index in [1.165, 1.54) is 31.2 Å². The van der Waals surface area contributed by atoms with Crippen LogP contribution in [0, 0.1) is 5.92 Å². The van der Waals surface area contributed by atoms with Crippen molar-refractivity contribution in [3.63, 3.8) is 0 Å². The van der Waals surface area contributed by atoms with E-state index in [0.29, 0.717) is 0 Å². The first-order chi connectivity index (χ1) is 8.68. The van der Waals surface area contributed by atoms with Crippen LogP contribution in [0.3, 0.4) is 0 Å². The normalized spacial score (nSPS) is 28.3. The van der Waals surface area contributed by atoms with E-state index in [-0.39, 0.29) is 0 Å². The first-order valence-electron chi connectivity index (χ1n) is 7.49. The predicted octanol–water partition coefficient (Wildman–Crippen LogP) is 4.43. The van der Waals surface area contributed by atoms with Gasteiger partial charge in [0.25, 0.3) is 0 Å². The van der Waals surface area contributed by atoms with Crippen LogP contribution in [-0.4, -0.2) is 5.11 Å². The maximum atomic E-state index is 10.8. The van der Waals surface area contributed by atoms with Crippen molar-refractivity contribution in [3.05, 3.63) is 35.4 Å². The maximum absolute atomic E-state index is 10.8. The molecule has 0 saturated heterocycles. The molecule has 0 atom stereocenters. The zero-order valence-corrected chi connectivity index (χ0v) is 11.8. The van der Waals surface area contributed by atoms with Crippen molar-refractivity contribution in [1.82, 2.24) is 0 Å². The molecule has 0 amide bonds. The summed E-state index contributed by atoms with van der Waals surface area (Å²) < 4.78 is 0. The van der Waals surface area contributed by atoms with Gasteiger partial charge in [0.2, 0.25) is 0 Å². The van der Waals surface area contributed by atoms with Gasteiger partial charge in [0.1, 0.15) is 0 Å². The molecular weight excluding hydrogens is 220 g/mol. The van der Waals surface area contributed by atoms with Gasteiger partial charge in [-0.05, 0) is 49.1 Å². The fraction of sp³-hybridized carbons (Fsp3) is 0.647. The van der Waals surface area contributed by atoms with E-state index in [1.54, 1.807) is 0 Å². The quantitative estimate of drug-likeness (QED) is 0.833. The van der Waals surface area contributed by atoms with Gasteiger partial charge in [0, 0.05) is 0 Å². The average Bonchev–Trinajstić information content (AvgIpc) is 2.40. The summed E-state index contributed by atoms with van der Waals surface area (Å²) in [6.45, 7) is 4.46. The monoisotopic (exact) mass is 246 g/mol. The Labute approximate surface area is 111 Å². The van der Waals surface area contributed by atoms with Gasteiger partial charge in [-0.2, -0.15) is 0 Å². The third kappa shape index (κ3) is 2.95. The van der Waals surface area contributed by atoms with Crippen LogP contribution >= 0.6 is 0 Å². The molecule has 0 heterocycles. The molecule has 0 unspecified atom stereocenters. The molecule has 0 radical (unpaired) electrons. The molecule has 1 heteroatoms. The van der Waals surface area contributed by atoms with Gasteiger partial charge in [-0.1, -0.05) is 51.0 Å². The van der Waals surface area contributed by atoms with Gasteiger partial charge >= 0.3 is 0 Å². The standard InChI is InChI=1S/C17H26O/c1-3-6-15-7-5-8-16(13-15)17(18)11-9-14(4-2)10-12-17/h5,7-8,13-14,18H,3-4,6,9-12H2,1-2H3. The Morgan fingerprint density at radius 3 is 2.56 bits per heavy atom. The van der Waals surface area contributed by atoms with Gasteiger partial charge in [0.05, 0.1) is 5.60 Å². The van der Waals surface area contributed by atoms with Crippen molar-refractivity contribution in [2.45, 2.75) is 64.4 Å². The van der Waals surface area contributed by atoms with Crippen molar-refractivity contribution in [2.24, 2.45) is 5.92 Å². The molecule has 1 aromatic carbocycles. The topological polar surface area (TPSA) is 20.2 Å². The highest BCUT2D eigenvalue weighted by Crippen LogP contribution is 2.40. The second kappa shape index (κ2) is 5.88. The molecule has 1 aliphatic carbocycles. The lowest BCUT2D eigenvalue weighted by atomic mass is 9.74. The Kier molecular flexibility index (Phi) is 4.45. The smallest absolute Gasteiger partial charge is 0.0896 e. The van der Waals surface area contributed by atoms with E-state index in [0.717, 1.165) is 30.7 Å². The van der Waals surface area contributed by atoms with E-state index in [2.05, 4.69) is 38.1 Å². The minimum atomic E-state index is -0.560. The summed E-state index contributed by atoms with van der Waals surface area (Å²) in [5.74, 6) is 0.823. The molecule has 1 aliphatic rings. The Hall–Kier alpha value is -0.820. The zero-order chi connectivity index (χ0) is 13.0. The van der Waals surface area contributed by atoms with Crippen molar-refractivity contribution in [2.75, 3.05) is 0 Å². The lowest BCUT2D eigenvalue weighted by molar-refractivity contribution is -0.0146. The van der Waals surface area contributed by atoms with Crippen molar-refractivity contribution >= 4 is 0 Å². The summed E-state index contributed by atoms with van der Waals surface area (Å²) in [7, 11) is 0. The van der Waals surface area contributed by atoms with Crippen LogP contribution in [0.2, 0.25) is 0 Å². The fourth-order valence-electron chi connectivity index (χ4n) is 3.16. The number of aryl methyl sites for hydroxylation is 1. The number of benzene rings is 1. The van der Waals surface area contributed by atoms with Gasteiger partial charge in [-0.25, -0.2) is 0 Å². The number of hydrogen-bond acceptors (Lipinski definition) is 1. The predicted molar refractivity (Wildman–Crippen MR) is 76.6 cm³/mol. The van der Waals surface area contributed by atoms with E-state index in [4.69, 9.17) is 0 Å². The molecule has 1 N–H and O–H groups in total. The van der Waals surface area contributed by atoms with E-state index >= 15 is 0 Å². The van der Waals surface area contributed by atoms with E-state index < -0.39 is 5.60 Å². The molecule has 0 aliphatic heterocycles. The molecule has 0 aromatic heterocycles. The van der Waals surface area contributed by atoms with Crippen LogP contribution in [0.15, 0.2) is 24.3 Å². The highest BCUT2D eigenvalue weighted by atomic mass is 16.3. The molecule has 0 bridgehead atoms. The van der Waals surface area contributed by atoms with Crippen molar-refractivity contribution in [3.8, 4) is 0 Å². The summed E-state index contributed by atoms with van der Waals surface area (Å²) in [5, 5.41) is 10.8. The molecule has 0 spiro atoms. The van der Waals surface area contributed by atoms with Crippen LogP contribution in [-0.2, 0) is 12.0 Å². The summed E-state index contributed by atoms with van der Waals surface area (Å²) >= 11 is 0. The highest BCUT2D eigenvalue weighted by molar-refractivity contribution is 5.28. The first kappa shape index (κ1) is 13.6. The average molecular weight is 246 g/mol. The van der Waals surface area contributed by atoms with Gasteiger partial charge < -0.3 is 5.11 Å². The molecule has 1 aromatic rings. The molecule has 100 valence electrons. The first-order valence-corrected chi connectivity index (χ1v) is 7.49. The second-order valence-electron chi connectivity index (χ2n) is 5.83. The molecular formula is C17H26O. The van der Waals surface area contributed by atoms with Gasteiger partial charge in [-0.3, -0.25) is 0 Å². The van der Waals surface area contributed by atoms with Crippen LogP contribution in [0.1, 0.15) is 63.5 Å². The Bertz CT molecular complexity index is 375. The summed E-state index contributed by atoms with van der Waals surface area (Å²) in [5.41, 5.74) is 1.94. The molecule has 2 rings (SSSR count). The van der Waals surface area contributed by atoms with Gasteiger partial charge in [-0.15, -0.1) is 0 Å². The van der Waals surface area contributed by atoms with E-state index in [9.17, 15) is 5.11 Å². The third-order valence-electron chi connectivity index (χ3n) is 4.51. The van der Waals surface area contributed by atoms with Crippen LogP contribution in [0.25, 0.3) is 0 Å². The minimum Gasteiger partial charge on any atom is -0.385 e. The summed E-state index contributed by atoms with van der Waals surface area (Å²) in [4.78, 5) is 0. The number of rotatable bonds is 4.